The number of carbonyl (C=O) groups excluding carboxylic acids is 2. The van der Waals surface area contributed by atoms with Crippen molar-refractivity contribution >= 4 is 17.5 Å². The van der Waals surface area contributed by atoms with Crippen LogP contribution in [0.5, 0.6) is 0 Å². The Balaban J connectivity index is 2.06. The van der Waals surface area contributed by atoms with Crippen molar-refractivity contribution < 1.29 is 19.4 Å². The maximum Gasteiger partial charge on any atom is 0.338 e. The highest BCUT2D eigenvalue weighted by Crippen LogP contribution is 2.11. The third kappa shape index (κ3) is 3.92. The van der Waals surface area contributed by atoms with E-state index in [4.69, 9.17) is 10.1 Å². The quantitative estimate of drug-likeness (QED) is 0.362. The molecule has 0 amide bonds. The molecule has 0 fully saturated rings. The first kappa shape index (κ1) is 17.1. The van der Waals surface area contributed by atoms with Crippen LogP contribution >= 0.6 is 0 Å². The molecule has 2 N–H and O–H groups in total. The summed E-state index contributed by atoms with van der Waals surface area (Å²) in [4.78, 5) is 27.2. The Bertz CT molecular complexity index is 776. The topological polar surface area (TPSA) is 118 Å². The minimum Gasteiger partial charge on any atom is -0.508 e. The Morgan fingerprint density at radius 2 is 1.92 bits per heavy atom. The van der Waals surface area contributed by atoms with Gasteiger partial charge in [0, 0.05) is 5.71 Å². The van der Waals surface area contributed by atoms with Crippen LogP contribution in [0.2, 0.25) is 0 Å². The molecule has 2 rings (SSSR count). The van der Waals surface area contributed by atoms with E-state index in [0.717, 1.165) is 5.69 Å². The van der Waals surface area contributed by atoms with E-state index in [2.05, 4.69) is 10.1 Å². The molecule has 0 saturated carbocycles. The second-order valence-corrected chi connectivity index (χ2v) is 4.97. The number of ketones is 1. The first-order valence-electron chi connectivity index (χ1n) is 7.01. The lowest BCUT2D eigenvalue weighted by Crippen LogP contribution is -2.15. The number of aliphatic hydroxyl groups is 1. The Kier molecular flexibility index (Phi) is 5.20. The summed E-state index contributed by atoms with van der Waals surface area (Å²) in [5.74, 6) is -1.56. The Morgan fingerprint density at radius 3 is 2.42 bits per heavy atom. The number of aromatic nitrogens is 3. The molecular weight excluding hydrogens is 312 g/mol. The highest BCUT2D eigenvalue weighted by atomic mass is 16.5. The number of nitrogens with one attached hydrogen (secondary N) is 1. The number of allylic oxidation sites excluding steroid dienone is 1. The fourth-order valence-electron chi connectivity index (χ4n) is 2.06. The Labute approximate surface area is 137 Å². The van der Waals surface area contributed by atoms with Gasteiger partial charge in [-0.15, -0.1) is 0 Å². The van der Waals surface area contributed by atoms with Gasteiger partial charge in [0.2, 0.25) is 0 Å². The highest BCUT2D eigenvalue weighted by Gasteiger charge is 2.16. The van der Waals surface area contributed by atoms with Gasteiger partial charge >= 0.3 is 5.97 Å². The molecule has 0 atom stereocenters. The molecular formula is C16H16N4O4. The molecule has 1 aromatic carbocycles. The van der Waals surface area contributed by atoms with E-state index < -0.39 is 24.1 Å². The van der Waals surface area contributed by atoms with Gasteiger partial charge < -0.3 is 15.3 Å². The fourth-order valence-corrected chi connectivity index (χ4v) is 2.06. The first-order chi connectivity index (χ1) is 11.4. The molecule has 0 saturated heterocycles. The van der Waals surface area contributed by atoms with Gasteiger partial charge in [-0.05, 0) is 38.1 Å². The molecule has 0 aliphatic heterocycles. The van der Waals surface area contributed by atoms with E-state index in [0.29, 0.717) is 0 Å². The largest absolute Gasteiger partial charge is 0.508 e. The predicted octanol–water partition coefficient (Wildman–Crippen LogP) is 1.86. The third-order valence-corrected chi connectivity index (χ3v) is 3.14. The number of hydrogen-bond acceptors (Lipinski definition) is 7. The number of esters is 1. The van der Waals surface area contributed by atoms with Crippen molar-refractivity contribution in [3.8, 4) is 5.69 Å². The zero-order chi connectivity index (χ0) is 17.7. The number of benzene rings is 1. The molecule has 2 aromatic rings. The summed E-state index contributed by atoms with van der Waals surface area (Å²) in [5, 5.41) is 21.3. The SMILES string of the molecule is CC(=N)/C(C(C)=O)=C(/O)COC(=O)c1ccc(-n2cncn2)cc1. The molecule has 0 radical (unpaired) electrons. The van der Waals surface area contributed by atoms with Crippen LogP contribution in [0.25, 0.3) is 5.69 Å². The summed E-state index contributed by atoms with van der Waals surface area (Å²) < 4.78 is 6.51. The fraction of sp³-hybridized carbons (Fsp3) is 0.188. The monoisotopic (exact) mass is 328 g/mol. The molecule has 0 spiro atoms. The van der Waals surface area contributed by atoms with Crippen molar-refractivity contribution in [2.24, 2.45) is 0 Å². The number of aliphatic hydroxyl groups excluding tert-OH is 1. The molecule has 1 aromatic heterocycles. The first-order valence-corrected chi connectivity index (χ1v) is 7.01. The summed E-state index contributed by atoms with van der Waals surface area (Å²) in [5.41, 5.74) is 0.769. The summed E-state index contributed by atoms with van der Waals surface area (Å²) in [6.45, 7) is 2.13. The van der Waals surface area contributed by atoms with E-state index in [-0.39, 0.29) is 16.8 Å². The van der Waals surface area contributed by atoms with E-state index in [1.807, 2.05) is 0 Å². The average Bonchev–Trinajstić information content (AvgIpc) is 3.06. The van der Waals surface area contributed by atoms with Gasteiger partial charge in [-0.25, -0.2) is 14.5 Å². The molecule has 0 bridgehead atoms. The molecule has 1 heterocycles. The molecule has 8 heteroatoms. The molecule has 24 heavy (non-hydrogen) atoms. The van der Waals surface area contributed by atoms with E-state index in [1.54, 1.807) is 24.3 Å². The number of Topliss-reactive ketones (excluding diaryl/α,β-unsaturated/α-hetero) is 1. The van der Waals surface area contributed by atoms with Crippen molar-refractivity contribution in [2.45, 2.75) is 13.8 Å². The summed E-state index contributed by atoms with van der Waals surface area (Å²) in [6.07, 6.45) is 2.92. The number of nitrogens with zero attached hydrogens (tertiary/aromatic N) is 3. The predicted molar refractivity (Wildman–Crippen MR) is 85.4 cm³/mol. The van der Waals surface area contributed by atoms with E-state index in [9.17, 15) is 14.7 Å². The number of rotatable bonds is 6. The van der Waals surface area contributed by atoms with Crippen molar-refractivity contribution in [3.63, 3.8) is 0 Å². The van der Waals surface area contributed by atoms with E-state index >= 15 is 0 Å². The van der Waals surface area contributed by atoms with Gasteiger partial charge in [-0.3, -0.25) is 4.79 Å². The van der Waals surface area contributed by atoms with Crippen LogP contribution in [-0.4, -0.2) is 43.9 Å². The molecule has 0 unspecified atom stereocenters. The minimum absolute atomic E-state index is 0.0896. The smallest absolute Gasteiger partial charge is 0.338 e. The van der Waals surface area contributed by atoms with Gasteiger partial charge in [0.25, 0.3) is 0 Å². The van der Waals surface area contributed by atoms with Gasteiger partial charge in [0.15, 0.2) is 5.78 Å². The minimum atomic E-state index is -0.655. The lowest BCUT2D eigenvalue weighted by atomic mass is 10.1. The van der Waals surface area contributed by atoms with Crippen molar-refractivity contribution in [1.82, 2.24) is 14.8 Å². The van der Waals surface area contributed by atoms with Crippen LogP contribution in [0, 0.1) is 5.41 Å². The van der Waals surface area contributed by atoms with Crippen LogP contribution in [0.4, 0.5) is 0 Å². The maximum absolute atomic E-state index is 12.0. The lowest BCUT2D eigenvalue weighted by Gasteiger charge is -2.08. The molecule has 8 nitrogen and oxygen atoms in total. The van der Waals surface area contributed by atoms with E-state index in [1.165, 1.54) is 31.2 Å². The van der Waals surface area contributed by atoms with Crippen molar-refractivity contribution in [1.29, 1.82) is 5.41 Å². The number of carbonyl (C=O) groups is 2. The van der Waals surface area contributed by atoms with Crippen LogP contribution in [0.3, 0.4) is 0 Å². The average molecular weight is 328 g/mol. The zero-order valence-corrected chi connectivity index (χ0v) is 13.2. The molecule has 0 aliphatic carbocycles. The van der Waals surface area contributed by atoms with Crippen LogP contribution in [0.1, 0.15) is 24.2 Å². The van der Waals surface area contributed by atoms with Crippen molar-refractivity contribution in [3.05, 3.63) is 53.8 Å². The summed E-state index contributed by atoms with van der Waals surface area (Å²) in [6, 6.07) is 6.44. The molecule has 0 aliphatic rings. The lowest BCUT2D eigenvalue weighted by molar-refractivity contribution is -0.113. The second-order valence-electron chi connectivity index (χ2n) is 4.97. The van der Waals surface area contributed by atoms with Crippen LogP contribution < -0.4 is 0 Å². The summed E-state index contributed by atoms with van der Waals surface area (Å²) in [7, 11) is 0. The number of ether oxygens (including phenoxy) is 1. The van der Waals surface area contributed by atoms with Crippen LogP contribution in [-0.2, 0) is 9.53 Å². The second kappa shape index (κ2) is 7.32. The zero-order valence-electron chi connectivity index (χ0n) is 13.2. The standard InChI is InChI=1S/C16H16N4O4/c1-10(17)15(11(2)21)14(22)7-24-16(23)12-3-5-13(6-4-12)20-9-18-8-19-20/h3-6,8-9,17,22H,7H2,1-2H3/b15-14-,17-10?. The van der Waals surface area contributed by atoms with Gasteiger partial charge in [-0.1, -0.05) is 0 Å². The normalized spacial score (nSPS) is 11.6. The number of hydrogen-bond donors (Lipinski definition) is 2. The van der Waals surface area contributed by atoms with Gasteiger partial charge in [-0.2, -0.15) is 5.10 Å². The Hall–Kier alpha value is -3.29. The van der Waals surface area contributed by atoms with Gasteiger partial charge in [0.05, 0.1) is 16.8 Å². The van der Waals surface area contributed by atoms with Gasteiger partial charge in [0.1, 0.15) is 25.0 Å². The maximum atomic E-state index is 12.0. The Morgan fingerprint density at radius 1 is 1.25 bits per heavy atom. The molecule has 124 valence electrons. The third-order valence-electron chi connectivity index (χ3n) is 3.14. The summed E-state index contributed by atoms with van der Waals surface area (Å²) >= 11 is 0. The van der Waals surface area contributed by atoms with Crippen LogP contribution in [0.15, 0.2) is 48.3 Å². The highest BCUT2D eigenvalue weighted by molar-refractivity contribution is 6.19. The van der Waals surface area contributed by atoms with Crippen molar-refractivity contribution in [2.75, 3.05) is 6.61 Å².